The molecule has 0 bridgehead atoms. The Morgan fingerprint density at radius 1 is 1.30 bits per heavy atom. The molecule has 2 heterocycles. The van der Waals surface area contributed by atoms with Crippen LogP contribution in [0, 0.1) is 5.92 Å². The molecular formula is C18H20Cl2N4O2S. The number of halogens is 2. The summed E-state index contributed by atoms with van der Waals surface area (Å²) in [4.78, 5) is 30.8. The van der Waals surface area contributed by atoms with Crippen LogP contribution in [0.3, 0.4) is 0 Å². The fraction of sp³-hybridized carbons (Fsp3) is 0.389. The van der Waals surface area contributed by atoms with Gasteiger partial charge in [0.05, 0.1) is 16.6 Å². The van der Waals surface area contributed by atoms with Crippen LogP contribution < -0.4 is 10.6 Å². The van der Waals surface area contributed by atoms with E-state index in [0.29, 0.717) is 40.4 Å². The zero-order valence-corrected chi connectivity index (χ0v) is 16.9. The van der Waals surface area contributed by atoms with Gasteiger partial charge in [-0.05, 0) is 37.6 Å². The van der Waals surface area contributed by atoms with Crippen molar-refractivity contribution in [1.29, 1.82) is 0 Å². The quantitative estimate of drug-likeness (QED) is 0.727. The Hall–Kier alpha value is -1.67. The molecule has 1 atom stereocenters. The smallest absolute Gasteiger partial charge is 0.230 e. The van der Waals surface area contributed by atoms with E-state index in [1.54, 1.807) is 24.4 Å². The van der Waals surface area contributed by atoms with Crippen LogP contribution in [0.1, 0.15) is 19.3 Å². The van der Waals surface area contributed by atoms with E-state index < -0.39 is 0 Å². The van der Waals surface area contributed by atoms with Crippen molar-refractivity contribution in [3.63, 3.8) is 0 Å². The molecule has 2 aromatic rings. The van der Waals surface area contributed by atoms with E-state index in [2.05, 4.69) is 20.5 Å². The van der Waals surface area contributed by atoms with Crippen molar-refractivity contribution in [2.75, 3.05) is 30.3 Å². The van der Waals surface area contributed by atoms with Crippen molar-refractivity contribution in [2.24, 2.45) is 5.92 Å². The lowest BCUT2D eigenvalue weighted by Crippen LogP contribution is -2.41. The predicted octanol–water partition coefficient (Wildman–Crippen LogP) is 4.13. The molecule has 1 fully saturated rings. The summed E-state index contributed by atoms with van der Waals surface area (Å²) >= 11 is 13.4. The Balaban J connectivity index is 1.46. The van der Waals surface area contributed by atoms with Crippen LogP contribution in [0.2, 0.25) is 10.0 Å². The van der Waals surface area contributed by atoms with Crippen molar-refractivity contribution in [3.05, 3.63) is 39.8 Å². The molecule has 27 heavy (non-hydrogen) atoms. The van der Waals surface area contributed by atoms with E-state index >= 15 is 0 Å². The predicted molar refractivity (Wildman–Crippen MR) is 110 cm³/mol. The lowest BCUT2D eigenvalue weighted by atomic mass is 9.97. The average Bonchev–Trinajstić information content (AvgIpc) is 3.16. The van der Waals surface area contributed by atoms with Gasteiger partial charge in [0.25, 0.3) is 0 Å². The van der Waals surface area contributed by atoms with Gasteiger partial charge in [0, 0.05) is 36.1 Å². The zero-order chi connectivity index (χ0) is 19.2. The minimum Gasteiger partial charge on any atom is -0.325 e. The highest BCUT2D eigenvalue weighted by Gasteiger charge is 2.26. The van der Waals surface area contributed by atoms with Crippen LogP contribution in [0.25, 0.3) is 0 Å². The number of hydrogen-bond donors (Lipinski definition) is 2. The lowest BCUT2D eigenvalue weighted by molar-refractivity contribution is -0.121. The van der Waals surface area contributed by atoms with E-state index in [0.717, 1.165) is 19.4 Å². The molecule has 0 aliphatic carbocycles. The van der Waals surface area contributed by atoms with E-state index in [-0.39, 0.29) is 17.7 Å². The first-order valence-corrected chi connectivity index (χ1v) is 10.3. The van der Waals surface area contributed by atoms with E-state index in [1.165, 1.54) is 11.3 Å². The Kier molecular flexibility index (Phi) is 7.07. The third-order valence-corrected chi connectivity index (χ3v) is 5.65. The Bertz CT molecular complexity index is 801. The first-order valence-electron chi connectivity index (χ1n) is 8.69. The summed E-state index contributed by atoms with van der Waals surface area (Å²) in [5, 5.41) is 9.05. The van der Waals surface area contributed by atoms with E-state index in [1.807, 2.05) is 5.38 Å². The molecule has 9 heteroatoms. The highest BCUT2D eigenvalue weighted by atomic mass is 35.5. The summed E-state index contributed by atoms with van der Waals surface area (Å²) in [7, 11) is 0. The number of amides is 2. The van der Waals surface area contributed by atoms with Gasteiger partial charge < -0.3 is 15.5 Å². The SMILES string of the molecule is O=C(CCN1CCCC(C(=O)Nc2nccs2)C1)Nc1cc(Cl)ccc1Cl. The molecule has 1 saturated heterocycles. The number of rotatable bonds is 6. The van der Waals surface area contributed by atoms with Gasteiger partial charge in [-0.25, -0.2) is 4.98 Å². The van der Waals surface area contributed by atoms with Gasteiger partial charge >= 0.3 is 0 Å². The molecule has 1 aromatic heterocycles. The Labute approximate surface area is 171 Å². The first-order chi connectivity index (χ1) is 13.0. The molecule has 1 aliphatic rings. The summed E-state index contributed by atoms with van der Waals surface area (Å²) in [6.45, 7) is 2.11. The first kappa shape index (κ1) is 20.1. The summed E-state index contributed by atoms with van der Waals surface area (Å²) in [6.07, 6.45) is 3.76. The molecule has 0 saturated carbocycles. The van der Waals surface area contributed by atoms with Crippen molar-refractivity contribution < 1.29 is 9.59 Å². The second-order valence-corrected chi connectivity index (χ2v) is 8.13. The fourth-order valence-electron chi connectivity index (χ4n) is 3.03. The number of anilines is 2. The highest BCUT2D eigenvalue weighted by Crippen LogP contribution is 2.25. The van der Waals surface area contributed by atoms with Crippen molar-refractivity contribution >= 4 is 57.2 Å². The molecule has 6 nitrogen and oxygen atoms in total. The monoisotopic (exact) mass is 426 g/mol. The van der Waals surface area contributed by atoms with Gasteiger partial charge in [-0.3, -0.25) is 9.59 Å². The van der Waals surface area contributed by atoms with Crippen LogP contribution in [-0.2, 0) is 9.59 Å². The van der Waals surface area contributed by atoms with Gasteiger partial charge in [0.15, 0.2) is 5.13 Å². The Morgan fingerprint density at radius 2 is 2.15 bits per heavy atom. The number of thiazole rings is 1. The van der Waals surface area contributed by atoms with Crippen molar-refractivity contribution in [3.8, 4) is 0 Å². The number of aromatic nitrogens is 1. The van der Waals surface area contributed by atoms with Gasteiger partial charge in [-0.15, -0.1) is 11.3 Å². The maximum absolute atomic E-state index is 12.4. The highest BCUT2D eigenvalue weighted by molar-refractivity contribution is 7.13. The topological polar surface area (TPSA) is 74.3 Å². The molecule has 2 amide bonds. The molecule has 0 radical (unpaired) electrons. The minimum atomic E-state index is -0.131. The van der Waals surface area contributed by atoms with Crippen LogP contribution in [0.15, 0.2) is 29.8 Å². The van der Waals surface area contributed by atoms with Crippen LogP contribution >= 0.6 is 34.5 Å². The maximum Gasteiger partial charge on any atom is 0.230 e. The molecule has 144 valence electrons. The number of nitrogens with one attached hydrogen (secondary N) is 2. The summed E-state index contributed by atoms with van der Waals surface area (Å²) in [5.74, 6) is -0.230. The standard InChI is InChI=1S/C18H20Cl2N4O2S/c19-13-3-4-14(20)15(10-13)22-16(25)5-8-24-7-1-2-12(11-24)17(26)23-18-21-6-9-27-18/h3-4,6,9-10,12H,1-2,5,7-8,11H2,(H,22,25)(H,21,23,26). The summed E-state index contributed by atoms with van der Waals surface area (Å²) in [5.41, 5.74) is 0.508. The number of carbonyl (C=O) groups is 2. The van der Waals surface area contributed by atoms with Gasteiger partial charge in [0.2, 0.25) is 11.8 Å². The number of benzene rings is 1. The second kappa shape index (κ2) is 9.50. The number of carbonyl (C=O) groups excluding carboxylic acids is 2. The second-order valence-electron chi connectivity index (χ2n) is 6.39. The third-order valence-electron chi connectivity index (χ3n) is 4.40. The van der Waals surface area contributed by atoms with E-state index in [4.69, 9.17) is 23.2 Å². The average molecular weight is 427 g/mol. The fourth-order valence-corrected chi connectivity index (χ4v) is 3.90. The maximum atomic E-state index is 12.4. The lowest BCUT2D eigenvalue weighted by Gasteiger charge is -2.31. The Morgan fingerprint density at radius 3 is 2.93 bits per heavy atom. The third kappa shape index (κ3) is 5.90. The summed E-state index contributed by atoms with van der Waals surface area (Å²) in [6, 6.07) is 4.95. The molecule has 1 unspecified atom stereocenters. The summed E-state index contributed by atoms with van der Waals surface area (Å²) < 4.78 is 0. The molecule has 1 aliphatic heterocycles. The number of nitrogens with zero attached hydrogens (tertiary/aromatic N) is 2. The normalized spacial score (nSPS) is 17.5. The van der Waals surface area contributed by atoms with Crippen LogP contribution in [0.4, 0.5) is 10.8 Å². The largest absolute Gasteiger partial charge is 0.325 e. The number of hydrogen-bond acceptors (Lipinski definition) is 5. The zero-order valence-electron chi connectivity index (χ0n) is 14.6. The van der Waals surface area contributed by atoms with Crippen molar-refractivity contribution in [2.45, 2.75) is 19.3 Å². The van der Waals surface area contributed by atoms with Gasteiger partial charge in [-0.2, -0.15) is 0 Å². The number of likely N-dealkylation sites (tertiary alicyclic amines) is 1. The number of piperidine rings is 1. The van der Waals surface area contributed by atoms with Crippen LogP contribution in [-0.4, -0.2) is 41.3 Å². The molecule has 0 spiro atoms. The van der Waals surface area contributed by atoms with Crippen LogP contribution in [0.5, 0.6) is 0 Å². The molecule has 3 rings (SSSR count). The van der Waals surface area contributed by atoms with Gasteiger partial charge in [-0.1, -0.05) is 23.2 Å². The molecule has 1 aromatic carbocycles. The van der Waals surface area contributed by atoms with Crippen molar-refractivity contribution in [1.82, 2.24) is 9.88 Å². The van der Waals surface area contributed by atoms with E-state index in [9.17, 15) is 9.59 Å². The minimum absolute atomic E-state index is 0.00943. The molecule has 2 N–H and O–H groups in total. The van der Waals surface area contributed by atoms with Gasteiger partial charge in [0.1, 0.15) is 0 Å². The molecular weight excluding hydrogens is 407 g/mol.